The number of rotatable bonds is 4. The molecular formula is C15H27N3O. The van der Waals surface area contributed by atoms with Gasteiger partial charge in [0.25, 0.3) is 0 Å². The summed E-state index contributed by atoms with van der Waals surface area (Å²) in [7, 11) is 2.12. The Balaban J connectivity index is 1.58. The van der Waals surface area contributed by atoms with Crippen LogP contribution in [0, 0.1) is 5.92 Å². The van der Waals surface area contributed by atoms with Crippen molar-refractivity contribution in [2.45, 2.75) is 50.6 Å². The maximum Gasteiger partial charge on any atom is 0.227 e. The largest absolute Gasteiger partial charge is 0.338 e. The second kappa shape index (κ2) is 5.80. The normalized spacial score (nSPS) is 32.5. The highest BCUT2D eigenvalue weighted by Gasteiger charge is 2.38. The van der Waals surface area contributed by atoms with E-state index in [2.05, 4.69) is 22.2 Å². The van der Waals surface area contributed by atoms with Gasteiger partial charge in [0.1, 0.15) is 0 Å². The van der Waals surface area contributed by atoms with Gasteiger partial charge in [-0.2, -0.15) is 0 Å². The van der Waals surface area contributed by atoms with E-state index in [9.17, 15) is 4.79 Å². The molecule has 0 aromatic heterocycles. The van der Waals surface area contributed by atoms with Gasteiger partial charge in [0.15, 0.2) is 0 Å². The molecule has 19 heavy (non-hydrogen) atoms. The molecule has 2 unspecified atom stereocenters. The maximum atomic E-state index is 12.7. The van der Waals surface area contributed by atoms with Crippen molar-refractivity contribution in [3.8, 4) is 0 Å². The fraction of sp³-hybridized carbons (Fsp3) is 0.933. The fourth-order valence-corrected chi connectivity index (χ4v) is 3.49. The van der Waals surface area contributed by atoms with Crippen molar-refractivity contribution in [1.82, 2.24) is 15.1 Å². The summed E-state index contributed by atoms with van der Waals surface area (Å²) in [5.41, 5.74) is 0. The van der Waals surface area contributed by atoms with E-state index in [1.54, 1.807) is 0 Å². The Bertz CT molecular complexity index is 323. The van der Waals surface area contributed by atoms with Gasteiger partial charge in [-0.1, -0.05) is 6.42 Å². The number of hydrogen-bond donors (Lipinski definition) is 1. The van der Waals surface area contributed by atoms with Crippen molar-refractivity contribution >= 4 is 5.91 Å². The average molecular weight is 265 g/mol. The highest BCUT2D eigenvalue weighted by molar-refractivity contribution is 5.80. The molecule has 3 aliphatic rings. The van der Waals surface area contributed by atoms with Gasteiger partial charge in [0.05, 0.1) is 5.92 Å². The molecule has 4 heteroatoms. The smallest absolute Gasteiger partial charge is 0.227 e. The lowest BCUT2D eigenvalue weighted by Gasteiger charge is -2.32. The zero-order valence-electron chi connectivity index (χ0n) is 12.1. The number of amides is 1. The molecule has 4 nitrogen and oxygen atoms in total. The van der Waals surface area contributed by atoms with E-state index in [0.717, 1.165) is 32.6 Å². The lowest BCUT2D eigenvalue weighted by atomic mass is 10.0. The lowest BCUT2D eigenvalue weighted by molar-refractivity contribution is -0.136. The Hall–Kier alpha value is -0.610. The van der Waals surface area contributed by atoms with Crippen LogP contribution >= 0.6 is 0 Å². The predicted octanol–water partition coefficient (Wildman–Crippen LogP) is 1.07. The first-order valence-corrected chi connectivity index (χ1v) is 7.96. The molecule has 2 aliphatic heterocycles. The molecule has 3 rings (SSSR count). The Labute approximate surface area is 116 Å². The van der Waals surface area contributed by atoms with Gasteiger partial charge in [-0.25, -0.2) is 0 Å². The van der Waals surface area contributed by atoms with Crippen molar-refractivity contribution in [3.05, 3.63) is 0 Å². The molecule has 0 spiro atoms. The molecule has 0 aromatic carbocycles. The number of carbonyl (C=O) groups is 1. The average Bonchev–Trinajstić information content (AvgIpc) is 3.18. The number of piperidine rings is 1. The molecule has 2 saturated heterocycles. The number of hydrogen-bond acceptors (Lipinski definition) is 3. The summed E-state index contributed by atoms with van der Waals surface area (Å²) in [6.45, 7) is 4.12. The molecule has 1 aliphatic carbocycles. The van der Waals surface area contributed by atoms with Gasteiger partial charge >= 0.3 is 0 Å². The molecule has 108 valence electrons. The van der Waals surface area contributed by atoms with Gasteiger partial charge in [-0.3, -0.25) is 4.79 Å². The minimum Gasteiger partial charge on any atom is -0.338 e. The van der Waals surface area contributed by atoms with Crippen molar-refractivity contribution < 1.29 is 4.79 Å². The van der Waals surface area contributed by atoms with Crippen LogP contribution in [0.15, 0.2) is 0 Å². The van der Waals surface area contributed by atoms with Crippen LogP contribution in [0.3, 0.4) is 0 Å². The van der Waals surface area contributed by atoms with E-state index < -0.39 is 0 Å². The van der Waals surface area contributed by atoms with Crippen molar-refractivity contribution in [1.29, 1.82) is 0 Å². The minimum atomic E-state index is 0.259. The highest BCUT2D eigenvalue weighted by Crippen LogP contribution is 2.30. The van der Waals surface area contributed by atoms with Crippen LogP contribution in [-0.2, 0) is 4.79 Å². The lowest BCUT2D eigenvalue weighted by Crippen LogP contribution is -2.48. The molecule has 0 bridgehead atoms. The number of likely N-dealkylation sites (tertiary alicyclic amines) is 1. The molecule has 1 N–H and O–H groups in total. The van der Waals surface area contributed by atoms with E-state index in [1.807, 2.05) is 0 Å². The van der Waals surface area contributed by atoms with Crippen LogP contribution in [0.5, 0.6) is 0 Å². The Morgan fingerprint density at radius 2 is 2.11 bits per heavy atom. The van der Waals surface area contributed by atoms with Crippen molar-refractivity contribution in [3.63, 3.8) is 0 Å². The molecule has 0 radical (unpaired) electrons. The number of carbonyl (C=O) groups excluding carboxylic acids is 1. The summed E-state index contributed by atoms with van der Waals surface area (Å²) in [5.74, 6) is 0.688. The van der Waals surface area contributed by atoms with Crippen LogP contribution in [0.2, 0.25) is 0 Å². The molecule has 3 fully saturated rings. The van der Waals surface area contributed by atoms with Gasteiger partial charge in [-0.15, -0.1) is 0 Å². The monoisotopic (exact) mass is 265 g/mol. The zero-order chi connectivity index (χ0) is 13.2. The first kappa shape index (κ1) is 13.4. The summed E-state index contributed by atoms with van der Waals surface area (Å²) >= 11 is 0. The van der Waals surface area contributed by atoms with E-state index in [1.165, 1.54) is 32.1 Å². The molecule has 2 atom stereocenters. The second-order valence-corrected chi connectivity index (χ2v) is 6.62. The van der Waals surface area contributed by atoms with E-state index in [4.69, 9.17) is 0 Å². The predicted molar refractivity (Wildman–Crippen MR) is 76.0 cm³/mol. The third kappa shape index (κ3) is 3.29. The quantitative estimate of drug-likeness (QED) is 0.826. The van der Waals surface area contributed by atoms with Gasteiger partial charge in [0.2, 0.25) is 5.91 Å². The summed E-state index contributed by atoms with van der Waals surface area (Å²) in [4.78, 5) is 17.2. The van der Waals surface area contributed by atoms with Crippen molar-refractivity contribution in [2.75, 3.05) is 33.2 Å². The maximum absolute atomic E-state index is 12.7. The molecule has 2 heterocycles. The second-order valence-electron chi connectivity index (χ2n) is 6.62. The standard InChI is InChI=1S/C15H27N3O/c1-17-9-7-12(10-17)15(19)18(14-5-6-14)11-13-4-2-3-8-16-13/h12-14,16H,2-11H2,1H3. The van der Waals surface area contributed by atoms with Crippen LogP contribution in [0.1, 0.15) is 38.5 Å². The number of nitrogens with one attached hydrogen (secondary N) is 1. The molecular weight excluding hydrogens is 238 g/mol. The highest BCUT2D eigenvalue weighted by atomic mass is 16.2. The van der Waals surface area contributed by atoms with Crippen LogP contribution in [0.25, 0.3) is 0 Å². The van der Waals surface area contributed by atoms with E-state index in [-0.39, 0.29) is 5.92 Å². The first-order valence-electron chi connectivity index (χ1n) is 7.96. The van der Waals surface area contributed by atoms with E-state index in [0.29, 0.717) is 18.0 Å². The SMILES string of the molecule is CN1CCC(C(=O)N(CC2CCCCN2)C2CC2)C1. The van der Waals surface area contributed by atoms with E-state index >= 15 is 0 Å². The third-order valence-corrected chi connectivity index (χ3v) is 4.84. The Kier molecular flexibility index (Phi) is 4.08. The third-order valence-electron chi connectivity index (χ3n) is 4.84. The minimum absolute atomic E-state index is 0.259. The fourth-order valence-electron chi connectivity index (χ4n) is 3.49. The van der Waals surface area contributed by atoms with Crippen LogP contribution < -0.4 is 5.32 Å². The van der Waals surface area contributed by atoms with Gasteiger partial charge in [0, 0.05) is 25.2 Å². The Morgan fingerprint density at radius 3 is 2.68 bits per heavy atom. The van der Waals surface area contributed by atoms with Gasteiger partial charge in [-0.05, 0) is 52.2 Å². The summed E-state index contributed by atoms with van der Waals surface area (Å²) in [6, 6.07) is 1.10. The van der Waals surface area contributed by atoms with Crippen LogP contribution in [0.4, 0.5) is 0 Å². The topological polar surface area (TPSA) is 35.6 Å². The first-order chi connectivity index (χ1) is 9.24. The molecule has 1 saturated carbocycles. The zero-order valence-corrected chi connectivity index (χ0v) is 12.1. The van der Waals surface area contributed by atoms with Crippen LogP contribution in [-0.4, -0.2) is 61.0 Å². The number of nitrogens with zero attached hydrogens (tertiary/aromatic N) is 2. The molecule has 1 amide bonds. The Morgan fingerprint density at radius 1 is 1.26 bits per heavy atom. The summed E-state index contributed by atoms with van der Waals surface area (Å²) in [6.07, 6.45) is 7.34. The van der Waals surface area contributed by atoms with Gasteiger partial charge < -0.3 is 15.1 Å². The summed E-state index contributed by atoms with van der Waals surface area (Å²) < 4.78 is 0. The molecule has 0 aromatic rings. The van der Waals surface area contributed by atoms with Crippen molar-refractivity contribution in [2.24, 2.45) is 5.92 Å². The summed E-state index contributed by atoms with van der Waals surface area (Å²) in [5, 5.41) is 3.58.